The Bertz CT molecular complexity index is 1160. The molecule has 1 N–H and O–H groups in total. The van der Waals surface area contributed by atoms with Crippen molar-refractivity contribution in [3.8, 4) is 5.69 Å². The number of hydrogen-bond acceptors (Lipinski definition) is 7. The third-order valence-electron chi connectivity index (χ3n) is 3.95. The van der Waals surface area contributed by atoms with Crippen molar-refractivity contribution in [2.24, 2.45) is 7.05 Å². The van der Waals surface area contributed by atoms with Crippen LogP contribution in [0.3, 0.4) is 0 Å². The Morgan fingerprint density at radius 3 is 2.64 bits per heavy atom. The number of halogens is 1. The first-order valence-corrected chi connectivity index (χ1v) is 8.75. The molecule has 0 aliphatic carbocycles. The van der Waals surface area contributed by atoms with Crippen LogP contribution in [-0.2, 0) is 13.6 Å². The summed E-state index contributed by atoms with van der Waals surface area (Å²) in [6.07, 6.45) is 0.577. The van der Waals surface area contributed by atoms with Gasteiger partial charge in [-0.3, -0.25) is 14.9 Å². The van der Waals surface area contributed by atoms with Crippen LogP contribution < -0.4 is 16.6 Å². The van der Waals surface area contributed by atoms with Crippen LogP contribution >= 0.6 is 11.6 Å². The van der Waals surface area contributed by atoms with Crippen molar-refractivity contribution < 1.29 is 4.79 Å². The molecule has 2 aromatic heterocycles. The number of nitrogens with one attached hydrogen (secondary N) is 1. The predicted octanol–water partition coefficient (Wildman–Crippen LogP) is 0.542. The number of carbonyl (C=O) groups is 1. The van der Waals surface area contributed by atoms with Gasteiger partial charge in [0.05, 0.1) is 5.69 Å². The minimum atomic E-state index is -0.870. The van der Waals surface area contributed by atoms with Gasteiger partial charge in [0.25, 0.3) is 11.5 Å². The van der Waals surface area contributed by atoms with Crippen molar-refractivity contribution in [2.75, 3.05) is 5.32 Å². The molecule has 1 amide bonds. The van der Waals surface area contributed by atoms with E-state index in [9.17, 15) is 14.4 Å². The fraction of sp³-hybridized carbons (Fsp3) is 0.312. The van der Waals surface area contributed by atoms with E-state index in [-0.39, 0.29) is 18.2 Å². The molecule has 0 aliphatic rings. The molecular weight excluding hydrogens is 388 g/mol. The normalized spacial score (nSPS) is 10.9. The number of aromatic nitrogens is 7. The minimum absolute atomic E-state index is 0.0318. The summed E-state index contributed by atoms with van der Waals surface area (Å²) in [7, 11) is 1.52. The Morgan fingerprint density at radius 2 is 2.04 bits per heavy atom. The highest BCUT2D eigenvalue weighted by Crippen LogP contribution is 2.17. The molecule has 1 aromatic carbocycles. The molecule has 146 valence electrons. The standard InChI is InChI=1S/C16H17ClN8O3/c1-4-7-24-16(28)25(10-6-5-9(2)11(17)8-10)14(27)12(20-24)13(26)18-15-19-21-22-23(15)3/h5-6,8H,4,7H2,1-3H3,(H,18,19,22,26). The van der Waals surface area contributed by atoms with Crippen LogP contribution in [0.2, 0.25) is 5.02 Å². The largest absolute Gasteiger partial charge is 0.352 e. The first kappa shape index (κ1) is 19.4. The molecule has 0 saturated heterocycles. The van der Waals surface area contributed by atoms with E-state index in [1.165, 1.54) is 17.8 Å². The second-order valence-electron chi connectivity index (χ2n) is 6.01. The van der Waals surface area contributed by atoms with Crippen LogP contribution in [0.5, 0.6) is 0 Å². The monoisotopic (exact) mass is 404 g/mol. The fourth-order valence-corrected chi connectivity index (χ4v) is 2.63. The van der Waals surface area contributed by atoms with Gasteiger partial charge in [-0.05, 0) is 41.5 Å². The van der Waals surface area contributed by atoms with E-state index in [1.54, 1.807) is 19.1 Å². The third-order valence-corrected chi connectivity index (χ3v) is 4.36. The maximum Gasteiger partial charge on any atom is 0.352 e. The Kier molecular flexibility index (Phi) is 5.36. The molecule has 0 atom stereocenters. The Balaban J connectivity index is 2.18. The number of nitrogens with zero attached hydrogens (tertiary/aromatic N) is 7. The highest BCUT2D eigenvalue weighted by Gasteiger charge is 2.22. The van der Waals surface area contributed by atoms with Gasteiger partial charge in [-0.15, -0.1) is 0 Å². The Morgan fingerprint density at radius 1 is 1.29 bits per heavy atom. The van der Waals surface area contributed by atoms with E-state index in [0.29, 0.717) is 11.4 Å². The van der Waals surface area contributed by atoms with Crippen molar-refractivity contribution in [2.45, 2.75) is 26.8 Å². The van der Waals surface area contributed by atoms with E-state index < -0.39 is 22.9 Å². The van der Waals surface area contributed by atoms with Crippen molar-refractivity contribution in [3.63, 3.8) is 0 Å². The lowest BCUT2D eigenvalue weighted by molar-refractivity contribution is 0.101. The zero-order chi connectivity index (χ0) is 20.4. The van der Waals surface area contributed by atoms with Crippen molar-refractivity contribution in [1.82, 2.24) is 34.6 Å². The van der Waals surface area contributed by atoms with E-state index >= 15 is 0 Å². The molecule has 2 heterocycles. The fourth-order valence-electron chi connectivity index (χ4n) is 2.46. The molecule has 3 aromatic rings. The summed E-state index contributed by atoms with van der Waals surface area (Å²) in [5.74, 6) is -0.802. The molecule has 11 nitrogen and oxygen atoms in total. The van der Waals surface area contributed by atoms with Gasteiger partial charge in [0.15, 0.2) is 0 Å². The molecule has 3 rings (SSSR count). The Labute approximate surface area is 163 Å². The summed E-state index contributed by atoms with van der Waals surface area (Å²) in [4.78, 5) is 38.3. The van der Waals surface area contributed by atoms with Gasteiger partial charge in [0.1, 0.15) is 0 Å². The van der Waals surface area contributed by atoms with Gasteiger partial charge < -0.3 is 0 Å². The number of benzene rings is 1. The average molecular weight is 405 g/mol. The van der Waals surface area contributed by atoms with Gasteiger partial charge in [-0.1, -0.05) is 29.7 Å². The van der Waals surface area contributed by atoms with Crippen LogP contribution in [0.25, 0.3) is 5.69 Å². The quantitative estimate of drug-likeness (QED) is 0.656. The number of anilines is 1. The van der Waals surface area contributed by atoms with E-state index in [0.717, 1.165) is 14.8 Å². The summed E-state index contributed by atoms with van der Waals surface area (Å²) in [5, 5.41) is 17.4. The number of amides is 1. The lowest BCUT2D eigenvalue weighted by Gasteiger charge is -2.12. The van der Waals surface area contributed by atoms with Gasteiger partial charge in [0, 0.05) is 18.6 Å². The summed E-state index contributed by atoms with van der Waals surface area (Å²) in [6, 6.07) is 4.75. The van der Waals surface area contributed by atoms with E-state index in [1.807, 2.05) is 6.92 Å². The maximum atomic E-state index is 12.9. The lowest BCUT2D eigenvalue weighted by atomic mass is 10.2. The maximum absolute atomic E-state index is 12.9. The molecule has 0 radical (unpaired) electrons. The van der Waals surface area contributed by atoms with Crippen LogP contribution in [-0.4, -0.2) is 40.5 Å². The summed E-state index contributed by atoms with van der Waals surface area (Å²) < 4.78 is 3.16. The van der Waals surface area contributed by atoms with Gasteiger partial charge in [0.2, 0.25) is 11.6 Å². The zero-order valence-electron chi connectivity index (χ0n) is 15.4. The summed E-state index contributed by atoms with van der Waals surface area (Å²) >= 11 is 6.14. The van der Waals surface area contributed by atoms with E-state index in [4.69, 9.17) is 11.6 Å². The zero-order valence-corrected chi connectivity index (χ0v) is 16.1. The van der Waals surface area contributed by atoms with Crippen LogP contribution in [0.15, 0.2) is 27.8 Å². The third kappa shape index (κ3) is 3.56. The molecule has 0 unspecified atom stereocenters. The van der Waals surface area contributed by atoms with Crippen LogP contribution in [0.4, 0.5) is 5.95 Å². The van der Waals surface area contributed by atoms with Crippen molar-refractivity contribution in [3.05, 3.63) is 55.3 Å². The number of tetrazole rings is 1. The second-order valence-corrected chi connectivity index (χ2v) is 6.42. The first-order chi connectivity index (χ1) is 13.3. The van der Waals surface area contributed by atoms with E-state index in [2.05, 4.69) is 25.9 Å². The molecule has 0 bridgehead atoms. The number of hydrogen-bond donors (Lipinski definition) is 1. The van der Waals surface area contributed by atoms with Crippen LogP contribution in [0, 0.1) is 6.92 Å². The molecule has 0 saturated carbocycles. The van der Waals surface area contributed by atoms with Gasteiger partial charge in [-0.2, -0.15) is 5.10 Å². The molecule has 0 aliphatic heterocycles. The van der Waals surface area contributed by atoms with Gasteiger partial charge in [-0.25, -0.2) is 18.7 Å². The summed E-state index contributed by atoms with van der Waals surface area (Å²) in [5.41, 5.74) is -0.970. The topological polar surface area (TPSA) is 130 Å². The molecule has 0 fully saturated rings. The molecule has 28 heavy (non-hydrogen) atoms. The number of rotatable bonds is 5. The highest BCUT2D eigenvalue weighted by atomic mass is 35.5. The average Bonchev–Trinajstić information content (AvgIpc) is 3.05. The van der Waals surface area contributed by atoms with Crippen molar-refractivity contribution in [1.29, 1.82) is 0 Å². The molecule has 12 heteroatoms. The Hall–Kier alpha value is -3.34. The second kappa shape index (κ2) is 7.72. The molecular formula is C16H17ClN8O3. The minimum Gasteiger partial charge on any atom is -0.288 e. The number of aryl methyl sites for hydroxylation is 3. The first-order valence-electron chi connectivity index (χ1n) is 8.38. The summed E-state index contributed by atoms with van der Waals surface area (Å²) in [6.45, 7) is 3.87. The smallest absolute Gasteiger partial charge is 0.288 e. The molecule has 0 spiro atoms. The SMILES string of the molecule is CCCn1nc(C(=O)Nc2nnnn2C)c(=O)n(-c2ccc(C)c(Cl)c2)c1=O. The highest BCUT2D eigenvalue weighted by molar-refractivity contribution is 6.31. The van der Waals surface area contributed by atoms with Crippen molar-refractivity contribution >= 4 is 23.5 Å². The predicted molar refractivity (Wildman–Crippen MR) is 101 cm³/mol. The lowest BCUT2D eigenvalue weighted by Crippen LogP contribution is -2.44. The van der Waals surface area contributed by atoms with Crippen LogP contribution in [0.1, 0.15) is 29.4 Å². The number of carbonyl (C=O) groups excluding carboxylic acids is 1. The van der Waals surface area contributed by atoms with Gasteiger partial charge >= 0.3 is 5.69 Å².